The molecule has 2 heterocycles. The molecule has 0 saturated carbocycles. The van der Waals surface area contributed by atoms with E-state index < -0.39 is 6.04 Å². The van der Waals surface area contributed by atoms with E-state index in [-0.39, 0.29) is 17.8 Å². The van der Waals surface area contributed by atoms with Gasteiger partial charge in [0.15, 0.2) is 0 Å². The first-order valence-corrected chi connectivity index (χ1v) is 7.98. The van der Waals surface area contributed by atoms with E-state index >= 15 is 0 Å². The van der Waals surface area contributed by atoms with Crippen LogP contribution in [0.3, 0.4) is 0 Å². The third-order valence-electron chi connectivity index (χ3n) is 4.50. The van der Waals surface area contributed by atoms with Gasteiger partial charge in [-0.2, -0.15) is 5.26 Å². The first kappa shape index (κ1) is 15.9. The number of nitrogens with zero attached hydrogens (tertiary/aromatic N) is 3. The van der Waals surface area contributed by atoms with Crippen molar-refractivity contribution in [1.82, 2.24) is 9.80 Å². The van der Waals surface area contributed by atoms with Crippen molar-refractivity contribution in [3.05, 3.63) is 35.6 Å². The molecule has 2 aliphatic rings. The molecule has 2 fully saturated rings. The highest BCUT2D eigenvalue weighted by Gasteiger charge is 2.32. The molecule has 1 aromatic carbocycles. The third kappa shape index (κ3) is 3.52. The summed E-state index contributed by atoms with van der Waals surface area (Å²) in [5.41, 5.74) is 0.785. The fourth-order valence-corrected chi connectivity index (χ4v) is 3.19. The van der Waals surface area contributed by atoms with Gasteiger partial charge < -0.3 is 9.64 Å². The lowest BCUT2D eigenvalue weighted by Crippen LogP contribution is -2.51. The molecule has 2 aliphatic heterocycles. The van der Waals surface area contributed by atoms with E-state index in [0.29, 0.717) is 32.8 Å². The van der Waals surface area contributed by atoms with Crippen LogP contribution in [0.25, 0.3) is 0 Å². The van der Waals surface area contributed by atoms with Crippen molar-refractivity contribution < 1.29 is 13.9 Å². The van der Waals surface area contributed by atoms with Crippen molar-refractivity contribution in [3.63, 3.8) is 0 Å². The van der Waals surface area contributed by atoms with Gasteiger partial charge in [0.25, 0.3) is 5.91 Å². The number of carbonyl (C=O) groups excluding carboxylic acids is 1. The first-order chi connectivity index (χ1) is 11.2. The summed E-state index contributed by atoms with van der Waals surface area (Å²) in [6.07, 6.45) is 1.46. The summed E-state index contributed by atoms with van der Waals surface area (Å²) < 4.78 is 18.5. The maximum absolute atomic E-state index is 13.0. The molecule has 0 aromatic heterocycles. The highest BCUT2D eigenvalue weighted by molar-refractivity contribution is 5.81. The highest BCUT2D eigenvalue weighted by atomic mass is 19.1. The molecule has 0 bridgehead atoms. The molecule has 122 valence electrons. The van der Waals surface area contributed by atoms with Gasteiger partial charge >= 0.3 is 0 Å². The molecular formula is C17H20FN3O2. The second-order valence-corrected chi connectivity index (χ2v) is 5.95. The molecule has 6 heteroatoms. The molecule has 1 aromatic rings. The van der Waals surface area contributed by atoms with E-state index in [9.17, 15) is 14.4 Å². The van der Waals surface area contributed by atoms with Crippen LogP contribution in [0.2, 0.25) is 0 Å². The zero-order valence-electron chi connectivity index (χ0n) is 12.9. The van der Waals surface area contributed by atoms with E-state index in [1.54, 1.807) is 12.1 Å². The minimum atomic E-state index is -0.407. The maximum atomic E-state index is 13.0. The zero-order chi connectivity index (χ0) is 16.2. The van der Waals surface area contributed by atoms with Crippen LogP contribution in [-0.2, 0) is 9.53 Å². The maximum Gasteiger partial charge on any atom is 0.251 e. The van der Waals surface area contributed by atoms with Gasteiger partial charge in [-0.1, -0.05) is 12.1 Å². The second-order valence-electron chi connectivity index (χ2n) is 5.95. The summed E-state index contributed by atoms with van der Waals surface area (Å²) in [4.78, 5) is 16.2. The quantitative estimate of drug-likeness (QED) is 0.852. The molecule has 0 spiro atoms. The Labute approximate surface area is 135 Å². The number of halogens is 1. The Morgan fingerprint density at radius 3 is 2.52 bits per heavy atom. The van der Waals surface area contributed by atoms with Gasteiger partial charge in [-0.25, -0.2) is 4.39 Å². The Bertz CT molecular complexity index is 585. The van der Waals surface area contributed by atoms with Crippen LogP contribution in [0.4, 0.5) is 4.39 Å². The van der Waals surface area contributed by atoms with Crippen LogP contribution < -0.4 is 0 Å². The molecule has 2 saturated heterocycles. The zero-order valence-corrected chi connectivity index (χ0v) is 12.9. The van der Waals surface area contributed by atoms with Crippen molar-refractivity contribution in [1.29, 1.82) is 5.26 Å². The number of nitriles is 1. The lowest BCUT2D eigenvalue weighted by molar-refractivity contribution is -0.142. The topological polar surface area (TPSA) is 56.6 Å². The normalized spacial score (nSPS) is 23.5. The average Bonchev–Trinajstić information content (AvgIpc) is 3.12. The van der Waals surface area contributed by atoms with E-state index in [1.807, 2.05) is 9.80 Å². The molecule has 23 heavy (non-hydrogen) atoms. The molecule has 1 amide bonds. The van der Waals surface area contributed by atoms with E-state index in [1.165, 1.54) is 12.1 Å². The monoisotopic (exact) mass is 317 g/mol. The van der Waals surface area contributed by atoms with Gasteiger partial charge in [0, 0.05) is 32.8 Å². The Balaban J connectivity index is 1.60. The third-order valence-corrected chi connectivity index (χ3v) is 4.50. The van der Waals surface area contributed by atoms with Crippen LogP contribution in [0.15, 0.2) is 24.3 Å². The van der Waals surface area contributed by atoms with Crippen LogP contribution in [-0.4, -0.2) is 54.6 Å². The minimum Gasteiger partial charge on any atom is -0.368 e. The van der Waals surface area contributed by atoms with E-state index in [0.717, 1.165) is 18.4 Å². The van der Waals surface area contributed by atoms with Gasteiger partial charge in [0.05, 0.1) is 6.07 Å². The average molecular weight is 317 g/mol. The summed E-state index contributed by atoms with van der Waals surface area (Å²) in [5.74, 6) is -0.241. The summed E-state index contributed by atoms with van der Waals surface area (Å²) in [6, 6.07) is 7.91. The number of carbonyl (C=O) groups is 1. The Kier molecular flexibility index (Phi) is 4.89. The minimum absolute atomic E-state index is 0.0671. The summed E-state index contributed by atoms with van der Waals surface area (Å²) in [6.45, 7) is 3.12. The Morgan fingerprint density at radius 2 is 1.96 bits per heavy atom. The fraction of sp³-hybridized carbons (Fsp3) is 0.529. The Morgan fingerprint density at radius 1 is 1.26 bits per heavy atom. The van der Waals surface area contributed by atoms with Crippen molar-refractivity contribution in [2.24, 2.45) is 0 Å². The van der Waals surface area contributed by atoms with Gasteiger partial charge in [-0.15, -0.1) is 0 Å². The van der Waals surface area contributed by atoms with Crippen LogP contribution in [0, 0.1) is 17.1 Å². The van der Waals surface area contributed by atoms with Crippen molar-refractivity contribution >= 4 is 5.91 Å². The smallest absolute Gasteiger partial charge is 0.251 e. The van der Waals surface area contributed by atoms with E-state index in [2.05, 4.69) is 6.07 Å². The lowest BCUT2D eigenvalue weighted by atomic mass is 10.1. The first-order valence-electron chi connectivity index (χ1n) is 7.98. The van der Waals surface area contributed by atoms with Gasteiger partial charge in [-0.05, 0) is 30.5 Å². The summed E-state index contributed by atoms with van der Waals surface area (Å²) in [5, 5.41) is 9.46. The second kappa shape index (κ2) is 7.07. The number of amides is 1. The summed E-state index contributed by atoms with van der Waals surface area (Å²) in [7, 11) is 0. The highest BCUT2D eigenvalue weighted by Crippen LogP contribution is 2.23. The van der Waals surface area contributed by atoms with Crippen molar-refractivity contribution in [2.45, 2.75) is 25.0 Å². The lowest BCUT2D eigenvalue weighted by Gasteiger charge is -2.37. The predicted molar refractivity (Wildman–Crippen MR) is 81.9 cm³/mol. The molecule has 2 unspecified atom stereocenters. The molecule has 0 N–H and O–H groups in total. The van der Waals surface area contributed by atoms with Gasteiger partial charge in [0.1, 0.15) is 18.0 Å². The molecule has 2 atom stereocenters. The molecule has 3 rings (SSSR count). The standard InChI is InChI=1S/C17H20FN3O2/c18-14-5-3-13(4-6-14)15(12-19)20-7-9-21(10-8-20)17(22)16-2-1-11-23-16/h3-6,15-16H,1-2,7-11H2. The van der Waals surface area contributed by atoms with E-state index in [4.69, 9.17) is 4.74 Å². The largest absolute Gasteiger partial charge is 0.368 e. The predicted octanol–water partition coefficient (Wildman–Crippen LogP) is 1.71. The summed E-state index contributed by atoms with van der Waals surface area (Å²) >= 11 is 0. The SMILES string of the molecule is N#CC(c1ccc(F)cc1)N1CCN(C(=O)C2CCCO2)CC1. The van der Waals surface area contributed by atoms with Crippen LogP contribution in [0.5, 0.6) is 0 Å². The Hall–Kier alpha value is -1.97. The molecular weight excluding hydrogens is 297 g/mol. The molecule has 0 radical (unpaired) electrons. The van der Waals surface area contributed by atoms with Gasteiger partial charge in [-0.3, -0.25) is 9.69 Å². The molecule has 5 nitrogen and oxygen atoms in total. The van der Waals surface area contributed by atoms with Gasteiger partial charge in [0.2, 0.25) is 0 Å². The fourth-order valence-electron chi connectivity index (χ4n) is 3.19. The number of hydrogen-bond donors (Lipinski definition) is 0. The number of rotatable bonds is 3. The van der Waals surface area contributed by atoms with Crippen LogP contribution in [0.1, 0.15) is 24.4 Å². The number of piperazine rings is 1. The number of benzene rings is 1. The number of ether oxygens (including phenoxy) is 1. The van der Waals surface area contributed by atoms with Crippen molar-refractivity contribution in [3.8, 4) is 6.07 Å². The number of hydrogen-bond acceptors (Lipinski definition) is 4. The van der Waals surface area contributed by atoms with Crippen molar-refractivity contribution in [2.75, 3.05) is 32.8 Å². The van der Waals surface area contributed by atoms with Crippen LogP contribution >= 0.6 is 0 Å². The molecule has 0 aliphatic carbocycles.